The Morgan fingerprint density at radius 2 is 1.75 bits per heavy atom. The van der Waals surface area contributed by atoms with Crippen molar-refractivity contribution < 1.29 is 4.79 Å². The highest BCUT2D eigenvalue weighted by molar-refractivity contribution is 5.85. The zero-order valence-electron chi connectivity index (χ0n) is 12.4. The second-order valence-corrected chi connectivity index (χ2v) is 5.49. The lowest BCUT2D eigenvalue weighted by atomic mass is 9.83. The van der Waals surface area contributed by atoms with Crippen molar-refractivity contribution in [1.29, 1.82) is 0 Å². The normalized spacial score (nSPS) is 17.1. The fourth-order valence-corrected chi connectivity index (χ4v) is 2.92. The Hall–Kier alpha value is -0.800. The first kappa shape index (κ1) is 19.2. The fraction of sp³-hybridized carbons (Fsp3) is 0.688. The molecule has 1 atom stereocenters. The maximum absolute atomic E-state index is 12.3. The third kappa shape index (κ3) is 6.10. The highest BCUT2D eigenvalue weighted by atomic mass is 35.5. The minimum atomic E-state index is -0.0485. The van der Waals surface area contributed by atoms with Gasteiger partial charge in [0.15, 0.2) is 0 Å². The van der Waals surface area contributed by atoms with E-state index in [9.17, 15) is 4.79 Å². The molecule has 0 bridgehead atoms. The first-order valence-corrected chi connectivity index (χ1v) is 7.45. The van der Waals surface area contributed by atoms with Crippen LogP contribution in [0.3, 0.4) is 0 Å². The van der Waals surface area contributed by atoms with E-state index in [1.54, 1.807) is 12.2 Å². The summed E-state index contributed by atoms with van der Waals surface area (Å²) in [6.45, 7) is 7.96. The van der Waals surface area contributed by atoms with Gasteiger partial charge in [-0.2, -0.15) is 0 Å². The molecule has 0 aromatic rings. The van der Waals surface area contributed by atoms with Gasteiger partial charge in [-0.3, -0.25) is 4.79 Å². The predicted molar refractivity (Wildman–Crippen MR) is 87.9 cm³/mol. The van der Waals surface area contributed by atoms with Gasteiger partial charge in [-0.05, 0) is 31.6 Å². The van der Waals surface area contributed by atoms with Crippen molar-refractivity contribution in [2.45, 2.75) is 51.0 Å². The quantitative estimate of drug-likeness (QED) is 0.676. The molecule has 3 N–H and O–H groups in total. The molecule has 1 fully saturated rings. The molecule has 1 saturated carbocycles. The minimum Gasteiger partial charge on any atom is -0.352 e. The lowest BCUT2D eigenvalue weighted by Gasteiger charge is -2.31. The van der Waals surface area contributed by atoms with Crippen LogP contribution in [0.15, 0.2) is 25.3 Å². The topological polar surface area (TPSA) is 55.1 Å². The highest BCUT2D eigenvalue weighted by Crippen LogP contribution is 2.26. The van der Waals surface area contributed by atoms with Gasteiger partial charge < -0.3 is 11.1 Å². The van der Waals surface area contributed by atoms with Gasteiger partial charge in [0.2, 0.25) is 5.91 Å². The standard InChI is InChI=1S/C16H28N2O.ClH/c1-3-8-14(9-4-2)16(19)18-15(12-17)13-10-6-5-7-11-13;/h3-4,13-15H,1-2,5-12,17H2,(H,18,19);1H. The van der Waals surface area contributed by atoms with E-state index < -0.39 is 0 Å². The molecule has 20 heavy (non-hydrogen) atoms. The number of carbonyl (C=O) groups is 1. The first-order chi connectivity index (χ1) is 9.22. The van der Waals surface area contributed by atoms with Crippen LogP contribution in [-0.2, 0) is 4.79 Å². The van der Waals surface area contributed by atoms with Gasteiger partial charge in [-0.25, -0.2) is 0 Å². The van der Waals surface area contributed by atoms with E-state index in [0.717, 1.165) is 0 Å². The van der Waals surface area contributed by atoms with Crippen molar-refractivity contribution >= 4 is 18.3 Å². The SMILES string of the molecule is C=CCC(CC=C)C(=O)NC(CN)C1CCCCC1.Cl. The van der Waals surface area contributed by atoms with Crippen LogP contribution in [0.4, 0.5) is 0 Å². The second kappa shape index (κ2) is 10.9. The van der Waals surface area contributed by atoms with Gasteiger partial charge in [0, 0.05) is 18.5 Å². The second-order valence-electron chi connectivity index (χ2n) is 5.49. The third-order valence-electron chi connectivity index (χ3n) is 4.07. The monoisotopic (exact) mass is 300 g/mol. The summed E-state index contributed by atoms with van der Waals surface area (Å²) in [7, 11) is 0. The fourth-order valence-electron chi connectivity index (χ4n) is 2.92. The van der Waals surface area contributed by atoms with Crippen LogP contribution in [0.1, 0.15) is 44.9 Å². The average Bonchev–Trinajstić information content (AvgIpc) is 2.45. The Bertz CT molecular complexity index is 291. The van der Waals surface area contributed by atoms with Crippen LogP contribution in [-0.4, -0.2) is 18.5 Å². The smallest absolute Gasteiger partial charge is 0.224 e. The lowest BCUT2D eigenvalue weighted by molar-refractivity contribution is -0.126. The van der Waals surface area contributed by atoms with E-state index in [0.29, 0.717) is 25.3 Å². The molecule has 0 radical (unpaired) electrons. The predicted octanol–water partition coefficient (Wildman–Crippen LogP) is 3.20. The van der Waals surface area contributed by atoms with Gasteiger partial charge in [0.05, 0.1) is 0 Å². The Balaban J connectivity index is 0.00000361. The molecule has 1 amide bonds. The Labute approximate surface area is 129 Å². The summed E-state index contributed by atoms with van der Waals surface area (Å²) in [6, 6.07) is 0.130. The Morgan fingerprint density at radius 3 is 2.20 bits per heavy atom. The molecule has 116 valence electrons. The van der Waals surface area contributed by atoms with Crippen LogP contribution in [0.25, 0.3) is 0 Å². The molecule has 0 saturated heterocycles. The third-order valence-corrected chi connectivity index (χ3v) is 4.07. The van der Waals surface area contributed by atoms with E-state index in [1.165, 1.54) is 32.1 Å². The van der Waals surface area contributed by atoms with Gasteiger partial charge in [0.1, 0.15) is 0 Å². The van der Waals surface area contributed by atoms with Crippen LogP contribution >= 0.6 is 12.4 Å². The molecule has 1 aliphatic carbocycles. The van der Waals surface area contributed by atoms with Gasteiger partial charge in [-0.1, -0.05) is 31.4 Å². The molecule has 1 rings (SSSR count). The molecule has 3 nitrogen and oxygen atoms in total. The summed E-state index contributed by atoms with van der Waals surface area (Å²) in [5.74, 6) is 0.601. The van der Waals surface area contributed by atoms with Crippen molar-refractivity contribution in [3.63, 3.8) is 0 Å². The van der Waals surface area contributed by atoms with Crippen molar-refractivity contribution in [2.75, 3.05) is 6.54 Å². The van der Waals surface area contributed by atoms with Gasteiger partial charge in [0.25, 0.3) is 0 Å². The van der Waals surface area contributed by atoms with E-state index in [2.05, 4.69) is 18.5 Å². The zero-order valence-corrected chi connectivity index (χ0v) is 13.2. The number of carbonyl (C=O) groups excluding carboxylic acids is 1. The number of nitrogens with one attached hydrogen (secondary N) is 1. The summed E-state index contributed by atoms with van der Waals surface area (Å²) in [5, 5.41) is 3.15. The summed E-state index contributed by atoms with van der Waals surface area (Å²) in [6.07, 6.45) is 11.2. The molecule has 0 heterocycles. The lowest BCUT2D eigenvalue weighted by Crippen LogP contribution is -2.47. The molecule has 0 aromatic heterocycles. The van der Waals surface area contributed by atoms with Gasteiger partial charge >= 0.3 is 0 Å². The van der Waals surface area contributed by atoms with Crippen LogP contribution < -0.4 is 11.1 Å². The highest BCUT2D eigenvalue weighted by Gasteiger charge is 2.26. The van der Waals surface area contributed by atoms with Crippen molar-refractivity contribution in [3.8, 4) is 0 Å². The maximum Gasteiger partial charge on any atom is 0.224 e. The number of halogens is 1. The maximum atomic E-state index is 12.3. The number of hydrogen-bond acceptors (Lipinski definition) is 2. The van der Waals surface area contributed by atoms with Crippen LogP contribution in [0.5, 0.6) is 0 Å². The Kier molecular flexibility index (Phi) is 10.5. The van der Waals surface area contributed by atoms with E-state index in [-0.39, 0.29) is 30.3 Å². The Morgan fingerprint density at radius 1 is 1.20 bits per heavy atom. The summed E-state index contributed by atoms with van der Waals surface area (Å²) in [4.78, 5) is 12.3. The summed E-state index contributed by atoms with van der Waals surface area (Å²) in [5.41, 5.74) is 5.84. The molecule has 0 aromatic carbocycles. The zero-order chi connectivity index (χ0) is 14.1. The van der Waals surface area contributed by atoms with Crippen molar-refractivity contribution in [3.05, 3.63) is 25.3 Å². The minimum absolute atomic E-state index is 0. The molecular weight excluding hydrogens is 272 g/mol. The molecular formula is C16H29ClN2O. The summed E-state index contributed by atoms with van der Waals surface area (Å²) >= 11 is 0. The molecule has 1 aliphatic rings. The number of hydrogen-bond donors (Lipinski definition) is 2. The van der Waals surface area contributed by atoms with Crippen LogP contribution in [0, 0.1) is 11.8 Å². The number of rotatable bonds is 8. The van der Waals surface area contributed by atoms with E-state index in [4.69, 9.17) is 5.73 Å². The van der Waals surface area contributed by atoms with Gasteiger partial charge in [-0.15, -0.1) is 25.6 Å². The average molecular weight is 301 g/mol. The number of nitrogens with two attached hydrogens (primary N) is 1. The molecule has 1 unspecified atom stereocenters. The van der Waals surface area contributed by atoms with Crippen molar-refractivity contribution in [2.24, 2.45) is 17.6 Å². The van der Waals surface area contributed by atoms with E-state index >= 15 is 0 Å². The van der Waals surface area contributed by atoms with Crippen LogP contribution in [0.2, 0.25) is 0 Å². The van der Waals surface area contributed by atoms with Crippen molar-refractivity contribution in [1.82, 2.24) is 5.32 Å². The summed E-state index contributed by atoms with van der Waals surface area (Å²) < 4.78 is 0. The molecule has 0 aliphatic heterocycles. The molecule has 4 heteroatoms. The number of amides is 1. The van der Waals surface area contributed by atoms with E-state index in [1.807, 2.05) is 0 Å². The largest absolute Gasteiger partial charge is 0.352 e. The molecule has 0 spiro atoms. The number of allylic oxidation sites excluding steroid dienone is 2. The first-order valence-electron chi connectivity index (χ1n) is 7.45.